The standard InChI is InChI=1S/C17H23ClN6O4S/c1-4-24(5-2)16-21-14(18)20-15(22-16)19-10-11-28-17(25)23-29(26,27)13-8-6-12(3)7-9-13/h6-9H,4-5,10-11H2,1-3H3,(H,23,25)(H,19,20,21,22). The van der Waals surface area contributed by atoms with E-state index in [9.17, 15) is 13.2 Å². The minimum atomic E-state index is -3.99. The summed E-state index contributed by atoms with van der Waals surface area (Å²) in [6.07, 6.45) is -1.08. The molecule has 158 valence electrons. The molecule has 10 nitrogen and oxygen atoms in total. The van der Waals surface area contributed by atoms with Gasteiger partial charge >= 0.3 is 6.09 Å². The minimum Gasteiger partial charge on any atom is -0.447 e. The molecule has 0 saturated carbocycles. The fourth-order valence-electron chi connectivity index (χ4n) is 2.29. The number of aromatic nitrogens is 3. The lowest BCUT2D eigenvalue weighted by Crippen LogP contribution is -2.32. The summed E-state index contributed by atoms with van der Waals surface area (Å²) in [5.41, 5.74) is 0.903. The van der Waals surface area contributed by atoms with Crippen molar-refractivity contribution >= 4 is 39.6 Å². The van der Waals surface area contributed by atoms with Gasteiger partial charge < -0.3 is 15.0 Å². The Morgan fingerprint density at radius 3 is 2.41 bits per heavy atom. The Balaban J connectivity index is 1.86. The Morgan fingerprint density at radius 2 is 1.79 bits per heavy atom. The maximum Gasteiger partial charge on any atom is 0.421 e. The highest BCUT2D eigenvalue weighted by Crippen LogP contribution is 2.13. The van der Waals surface area contributed by atoms with E-state index >= 15 is 0 Å². The third kappa shape index (κ3) is 6.71. The number of carbonyl (C=O) groups excluding carboxylic acids is 1. The molecule has 2 aromatic rings. The molecule has 1 heterocycles. The molecule has 12 heteroatoms. The number of benzene rings is 1. The highest BCUT2D eigenvalue weighted by atomic mass is 35.5. The maximum absolute atomic E-state index is 12.1. The molecule has 0 unspecified atom stereocenters. The van der Waals surface area contributed by atoms with Crippen LogP contribution in [0.3, 0.4) is 0 Å². The number of hydrogen-bond donors (Lipinski definition) is 2. The van der Waals surface area contributed by atoms with E-state index in [0.29, 0.717) is 19.0 Å². The predicted octanol–water partition coefficient (Wildman–Crippen LogP) is 2.21. The van der Waals surface area contributed by atoms with Crippen molar-refractivity contribution in [3.63, 3.8) is 0 Å². The van der Waals surface area contributed by atoms with Crippen LogP contribution in [0.1, 0.15) is 19.4 Å². The van der Waals surface area contributed by atoms with Crippen LogP contribution in [0.15, 0.2) is 29.2 Å². The number of rotatable bonds is 9. The van der Waals surface area contributed by atoms with Gasteiger partial charge in [0.1, 0.15) is 6.61 Å². The number of anilines is 2. The monoisotopic (exact) mass is 442 g/mol. The van der Waals surface area contributed by atoms with Gasteiger partial charge in [-0.15, -0.1) is 0 Å². The third-order valence-electron chi connectivity index (χ3n) is 3.81. The second kappa shape index (κ2) is 10.2. The SMILES string of the molecule is CCN(CC)c1nc(Cl)nc(NCCOC(=O)NS(=O)(=O)c2ccc(C)cc2)n1. The average Bonchev–Trinajstić information content (AvgIpc) is 2.66. The highest BCUT2D eigenvalue weighted by Gasteiger charge is 2.18. The molecule has 0 radical (unpaired) electrons. The summed E-state index contributed by atoms with van der Waals surface area (Å²) in [6.45, 7) is 7.20. The molecular weight excluding hydrogens is 420 g/mol. The zero-order valence-corrected chi connectivity index (χ0v) is 17.9. The molecule has 1 amide bonds. The van der Waals surface area contributed by atoms with E-state index in [1.807, 2.05) is 30.4 Å². The summed E-state index contributed by atoms with van der Waals surface area (Å²) in [4.78, 5) is 25.9. The molecule has 0 bridgehead atoms. The van der Waals surface area contributed by atoms with Crippen molar-refractivity contribution in [2.45, 2.75) is 25.7 Å². The van der Waals surface area contributed by atoms with Crippen molar-refractivity contribution < 1.29 is 17.9 Å². The lowest BCUT2D eigenvalue weighted by atomic mass is 10.2. The van der Waals surface area contributed by atoms with E-state index in [2.05, 4.69) is 20.3 Å². The molecule has 0 aliphatic rings. The van der Waals surface area contributed by atoms with Crippen molar-refractivity contribution in [2.75, 3.05) is 36.5 Å². The summed E-state index contributed by atoms with van der Waals surface area (Å²) >= 11 is 5.92. The molecule has 0 spiro atoms. The van der Waals surface area contributed by atoms with Crippen LogP contribution in [-0.2, 0) is 14.8 Å². The third-order valence-corrected chi connectivity index (χ3v) is 5.31. The van der Waals surface area contributed by atoms with Crippen molar-refractivity contribution in [2.24, 2.45) is 0 Å². The van der Waals surface area contributed by atoms with Gasteiger partial charge in [-0.25, -0.2) is 17.9 Å². The number of hydrogen-bond acceptors (Lipinski definition) is 9. The van der Waals surface area contributed by atoms with Crippen LogP contribution in [-0.4, -0.2) is 55.7 Å². The number of sulfonamides is 1. The number of halogens is 1. The van der Waals surface area contributed by atoms with Gasteiger partial charge in [-0.1, -0.05) is 17.7 Å². The summed E-state index contributed by atoms with van der Waals surface area (Å²) in [5, 5.41) is 2.89. The van der Waals surface area contributed by atoms with Gasteiger partial charge in [0.2, 0.25) is 17.2 Å². The van der Waals surface area contributed by atoms with Crippen LogP contribution in [0.5, 0.6) is 0 Å². The summed E-state index contributed by atoms with van der Waals surface area (Å²) in [5.74, 6) is 0.656. The summed E-state index contributed by atoms with van der Waals surface area (Å²) < 4.78 is 31.0. The van der Waals surface area contributed by atoms with Crippen LogP contribution in [0.2, 0.25) is 5.28 Å². The molecular formula is C17H23ClN6O4S. The van der Waals surface area contributed by atoms with E-state index in [1.54, 1.807) is 12.1 Å². The first-order chi connectivity index (χ1) is 13.7. The van der Waals surface area contributed by atoms with Gasteiger partial charge in [0, 0.05) is 13.1 Å². The smallest absolute Gasteiger partial charge is 0.421 e. The van der Waals surface area contributed by atoms with Gasteiger partial charge in [-0.3, -0.25) is 0 Å². The quantitative estimate of drug-likeness (QED) is 0.561. The Hall–Kier alpha value is -2.66. The zero-order chi connectivity index (χ0) is 21.4. The van der Waals surface area contributed by atoms with Crippen molar-refractivity contribution in [3.05, 3.63) is 35.1 Å². The molecule has 2 N–H and O–H groups in total. The van der Waals surface area contributed by atoms with Gasteiger partial charge in [0.25, 0.3) is 10.0 Å². The Kier molecular flexibility index (Phi) is 7.97. The fraction of sp³-hybridized carbons (Fsp3) is 0.412. The molecule has 1 aromatic heterocycles. The molecule has 29 heavy (non-hydrogen) atoms. The Bertz CT molecular complexity index is 935. The number of nitrogens with one attached hydrogen (secondary N) is 2. The first-order valence-electron chi connectivity index (χ1n) is 8.91. The largest absolute Gasteiger partial charge is 0.447 e. The molecule has 0 aliphatic heterocycles. The average molecular weight is 443 g/mol. The lowest BCUT2D eigenvalue weighted by Gasteiger charge is -2.18. The zero-order valence-electron chi connectivity index (χ0n) is 16.3. The number of aryl methyl sites for hydroxylation is 1. The normalized spacial score (nSPS) is 11.0. The number of ether oxygens (including phenoxy) is 1. The number of nitrogens with zero attached hydrogens (tertiary/aromatic N) is 4. The lowest BCUT2D eigenvalue weighted by molar-refractivity contribution is 0.157. The van der Waals surface area contributed by atoms with E-state index in [4.69, 9.17) is 16.3 Å². The van der Waals surface area contributed by atoms with Gasteiger partial charge in [-0.2, -0.15) is 15.0 Å². The maximum atomic E-state index is 12.1. The molecule has 0 atom stereocenters. The Labute approximate surface area is 174 Å². The van der Waals surface area contributed by atoms with Crippen LogP contribution in [0.25, 0.3) is 0 Å². The summed E-state index contributed by atoms with van der Waals surface area (Å²) in [6, 6.07) is 6.08. The molecule has 1 aromatic carbocycles. The minimum absolute atomic E-state index is 0.0260. The molecule has 0 saturated heterocycles. The van der Waals surface area contributed by atoms with E-state index in [-0.39, 0.29) is 29.3 Å². The van der Waals surface area contributed by atoms with Crippen molar-refractivity contribution in [1.29, 1.82) is 0 Å². The van der Waals surface area contributed by atoms with Gasteiger partial charge in [-0.05, 0) is 44.5 Å². The van der Waals surface area contributed by atoms with E-state index < -0.39 is 16.1 Å². The van der Waals surface area contributed by atoms with Gasteiger partial charge in [0.15, 0.2) is 0 Å². The number of amides is 1. The number of carbonyl (C=O) groups is 1. The fourth-order valence-corrected chi connectivity index (χ4v) is 3.33. The second-order valence-electron chi connectivity index (χ2n) is 5.88. The van der Waals surface area contributed by atoms with Crippen molar-refractivity contribution in [1.82, 2.24) is 19.7 Å². The highest BCUT2D eigenvalue weighted by molar-refractivity contribution is 7.90. The van der Waals surface area contributed by atoms with Crippen molar-refractivity contribution in [3.8, 4) is 0 Å². The first-order valence-corrected chi connectivity index (χ1v) is 10.8. The van der Waals surface area contributed by atoms with Crippen LogP contribution < -0.4 is 14.9 Å². The molecule has 0 fully saturated rings. The molecule has 0 aliphatic carbocycles. The molecule has 2 rings (SSSR count). The Morgan fingerprint density at radius 1 is 1.14 bits per heavy atom. The van der Waals surface area contributed by atoms with Gasteiger partial charge in [0.05, 0.1) is 11.4 Å². The van der Waals surface area contributed by atoms with E-state index in [1.165, 1.54) is 12.1 Å². The first kappa shape index (κ1) is 22.6. The predicted molar refractivity (Wildman–Crippen MR) is 110 cm³/mol. The van der Waals surface area contributed by atoms with Crippen LogP contribution >= 0.6 is 11.6 Å². The van der Waals surface area contributed by atoms with Crippen LogP contribution in [0.4, 0.5) is 16.7 Å². The second-order valence-corrected chi connectivity index (χ2v) is 7.90. The van der Waals surface area contributed by atoms with E-state index in [0.717, 1.165) is 5.56 Å². The van der Waals surface area contributed by atoms with Crippen LogP contribution in [0, 0.1) is 6.92 Å². The topological polar surface area (TPSA) is 126 Å². The summed E-state index contributed by atoms with van der Waals surface area (Å²) in [7, 11) is -3.99.